The molecule has 0 aliphatic rings. The van der Waals surface area contributed by atoms with Crippen molar-refractivity contribution in [3.8, 4) is 0 Å². The maximum atomic E-state index is 13.1. The fraction of sp³-hybridized carbons (Fsp3) is 0.885. The van der Waals surface area contributed by atoms with Crippen LogP contribution >= 0.6 is 7.82 Å². The van der Waals surface area contributed by atoms with Gasteiger partial charge < -0.3 is 28.8 Å². The van der Waals surface area contributed by atoms with E-state index in [1.54, 1.807) is 6.08 Å². The number of aliphatic hydroxyl groups is 1. The highest BCUT2D eigenvalue weighted by molar-refractivity contribution is 7.45. The molecule has 9 heteroatoms. The Kier molecular flexibility index (Phi) is 67.6. The van der Waals surface area contributed by atoms with E-state index in [-0.39, 0.29) is 19.1 Å². The summed E-state index contributed by atoms with van der Waals surface area (Å²) >= 11 is 0. The van der Waals surface area contributed by atoms with Gasteiger partial charge in [-0.1, -0.05) is 377 Å². The Morgan fingerprint density at radius 1 is 0.402 bits per heavy atom. The van der Waals surface area contributed by atoms with Crippen LogP contribution < -0.4 is 10.2 Å². The Balaban J connectivity index is 3.99. The second-order valence-corrected chi connectivity index (χ2v) is 29.1. The Hall–Kier alpha value is -1.54. The number of carbonyl (C=O) groups is 1. The number of carbonyl (C=O) groups excluding carboxylic acids is 1. The topological polar surface area (TPSA) is 108 Å². The van der Waals surface area contributed by atoms with Crippen LogP contribution in [0.25, 0.3) is 0 Å². The second-order valence-electron chi connectivity index (χ2n) is 27.7. The largest absolute Gasteiger partial charge is 0.756 e. The molecule has 0 spiro atoms. The van der Waals surface area contributed by atoms with Gasteiger partial charge in [0, 0.05) is 6.42 Å². The van der Waals surface area contributed by atoms with Crippen LogP contribution in [0.15, 0.2) is 48.6 Å². The van der Waals surface area contributed by atoms with Gasteiger partial charge in [0.25, 0.3) is 7.82 Å². The minimum Gasteiger partial charge on any atom is -0.756 e. The van der Waals surface area contributed by atoms with Crippen LogP contribution in [-0.2, 0) is 18.4 Å². The molecule has 0 radical (unpaired) electrons. The van der Waals surface area contributed by atoms with E-state index in [1.165, 1.54) is 321 Å². The zero-order valence-corrected chi connectivity index (χ0v) is 59.9. The summed E-state index contributed by atoms with van der Waals surface area (Å²) < 4.78 is 23.5. The number of hydrogen-bond donors (Lipinski definition) is 2. The highest BCUT2D eigenvalue weighted by Crippen LogP contribution is 2.38. The SMILES string of the molecule is CCCCCCC/C=C\C/C=C\C/C=C\CCCCCCCCCCCCCCCCCCCCC(=O)NC(COP(=O)([O-])OCC[N+](C)(C)C)C(O)/C=C/CCCCCCCCCCCCCCCCCCCCCCCCCCCCCCCC. The maximum absolute atomic E-state index is 13.1. The van der Waals surface area contributed by atoms with E-state index in [4.69, 9.17) is 9.05 Å². The van der Waals surface area contributed by atoms with Gasteiger partial charge in [0.1, 0.15) is 13.2 Å². The minimum absolute atomic E-state index is 0.000271. The number of allylic oxidation sites excluding steroid dienone is 7. The summed E-state index contributed by atoms with van der Waals surface area (Å²) in [5.74, 6) is -0.190. The lowest BCUT2D eigenvalue weighted by Gasteiger charge is -2.29. The predicted octanol–water partition coefficient (Wildman–Crippen LogP) is 24.3. The van der Waals surface area contributed by atoms with Gasteiger partial charge >= 0.3 is 0 Å². The molecule has 0 saturated carbocycles. The maximum Gasteiger partial charge on any atom is 0.268 e. The molecule has 0 bridgehead atoms. The standard InChI is InChI=1S/C78H151N2O6P/c1-6-8-10-12-14-16-18-20-22-24-26-28-30-32-34-36-38-40-42-44-46-48-50-52-54-56-58-60-62-64-66-68-70-72-78(82)79-76(75-86-87(83,84)85-74-73-80(3,4)5)77(81)71-69-67-65-63-61-59-57-55-53-51-49-47-45-43-41-39-37-35-33-31-29-27-25-23-21-19-17-15-13-11-9-7-2/h18,20,24,26,30,32,69,71,76-77,81H,6-17,19,21-23,25,27-29,31,33-68,70,72-75H2,1-5H3,(H-,79,82,83,84)/b20-18-,26-24-,32-30-,71-69+. The van der Waals surface area contributed by atoms with Gasteiger partial charge in [0.15, 0.2) is 0 Å². The lowest BCUT2D eigenvalue weighted by molar-refractivity contribution is -0.870. The van der Waals surface area contributed by atoms with Gasteiger partial charge in [-0.25, -0.2) is 0 Å². The Labute approximate surface area is 543 Å². The van der Waals surface area contributed by atoms with Crippen molar-refractivity contribution in [2.45, 2.75) is 405 Å². The number of amides is 1. The number of phosphoric ester groups is 1. The van der Waals surface area contributed by atoms with Crippen LogP contribution in [0.1, 0.15) is 393 Å². The van der Waals surface area contributed by atoms with Crippen LogP contribution in [0, 0.1) is 0 Å². The van der Waals surface area contributed by atoms with E-state index < -0.39 is 20.0 Å². The van der Waals surface area contributed by atoms with Gasteiger partial charge in [0.2, 0.25) is 5.91 Å². The number of aliphatic hydroxyl groups excluding tert-OH is 1. The molecule has 0 aromatic heterocycles. The number of unbranched alkanes of at least 4 members (excludes halogenated alkanes) is 53. The molecular formula is C78H151N2O6P. The fourth-order valence-electron chi connectivity index (χ4n) is 11.8. The molecule has 0 heterocycles. The smallest absolute Gasteiger partial charge is 0.268 e. The summed E-state index contributed by atoms with van der Waals surface area (Å²) in [6, 6.07) is -0.889. The van der Waals surface area contributed by atoms with Gasteiger partial charge in [-0.15, -0.1) is 0 Å². The summed E-state index contributed by atoms with van der Waals surface area (Å²) in [7, 11) is 1.28. The van der Waals surface area contributed by atoms with Crippen molar-refractivity contribution in [3.05, 3.63) is 48.6 Å². The van der Waals surface area contributed by atoms with E-state index in [0.29, 0.717) is 17.4 Å². The van der Waals surface area contributed by atoms with Gasteiger partial charge in [0.05, 0.1) is 39.9 Å². The Morgan fingerprint density at radius 3 is 0.966 bits per heavy atom. The second kappa shape index (κ2) is 68.8. The molecule has 0 aliphatic heterocycles. The third-order valence-electron chi connectivity index (χ3n) is 17.8. The molecule has 1 amide bonds. The summed E-state index contributed by atoms with van der Waals surface area (Å²) in [4.78, 5) is 25.7. The number of likely N-dealkylation sites (N-methyl/N-ethyl adjacent to an activating group) is 1. The molecule has 3 unspecified atom stereocenters. The van der Waals surface area contributed by atoms with Crippen molar-refractivity contribution in [1.82, 2.24) is 5.32 Å². The van der Waals surface area contributed by atoms with Crippen LogP contribution in [0.3, 0.4) is 0 Å². The van der Waals surface area contributed by atoms with Crippen LogP contribution in [-0.4, -0.2) is 68.5 Å². The van der Waals surface area contributed by atoms with Gasteiger partial charge in [-0.05, 0) is 57.8 Å². The molecule has 87 heavy (non-hydrogen) atoms. The predicted molar refractivity (Wildman–Crippen MR) is 381 cm³/mol. The van der Waals surface area contributed by atoms with Gasteiger partial charge in [-0.3, -0.25) is 9.36 Å². The number of rotatable bonds is 72. The third-order valence-corrected chi connectivity index (χ3v) is 18.7. The van der Waals surface area contributed by atoms with Crippen LogP contribution in [0.4, 0.5) is 0 Å². The molecule has 2 N–H and O–H groups in total. The summed E-state index contributed by atoms with van der Waals surface area (Å²) in [5, 5.41) is 14.0. The molecule has 0 rings (SSSR count). The molecule has 0 saturated heterocycles. The Morgan fingerprint density at radius 2 is 0.667 bits per heavy atom. The summed E-state index contributed by atoms with van der Waals surface area (Å²) in [5.41, 5.74) is 0. The van der Waals surface area contributed by atoms with Crippen LogP contribution in [0.5, 0.6) is 0 Å². The first-order valence-corrected chi connectivity index (χ1v) is 40.0. The monoisotopic (exact) mass is 1240 g/mol. The van der Waals surface area contributed by atoms with Crippen molar-refractivity contribution in [3.63, 3.8) is 0 Å². The number of nitrogens with zero attached hydrogens (tertiary/aromatic N) is 1. The van der Waals surface area contributed by atoms with Crippen molar-refractivity contribution in [1.29, 1.82) is 0 Å². The first-order chi connectivity index (χ1) is 42.5. The first kappa shape index (κ1) is 85.5. The summed E-state index contributed by atoms with van der Waals surface area (Å²) in [6.07, 6.45) is 94.0. The molecular weight excluding hydrogens is 1090 g/mol. The van der Waals surface area contributed by atoms with E-state index in [9.17, 15) is 19.4 Å². The van der Waals surface area contributed by atoms with Crippen molar-refractivity contribution < 1.29 is 32.9 Å². The molecule has 0 fully saturated rings. The number of hydrogen-bond acceptors (Lipinski definition) is 6. The van der Waals surface area contributed by atoms with E-state index in [0.717, 1.165) is 51.4 Å². The van der Waals surface area contributed by atoms with Crippen molar-refractivity contribution in [2.75, 3.05) is 40.9 Å². The molecule has 514 valence electrons. The van der Waals surface area contributed by atoms with Crippen molar-refractivity contribution >= 4 is 13.7 Å². The average Bonchev–Trinajstić information content (AvgIpc) is 3.71. The number of quaternary nitrogens is 1. The van der Waals surface area contributed by atoms with Gasteiger partial charge in [-0.2, -0.15) is 0 Å². The fourth-order valence-corrected chi connectivity index (χ4v) is 12.5. The van der Waals surface area contributed by atoms with E-state index in [1.807, 2.05) is 27.2 Å². The van der Waals surface area contributed by atoms with E-state index >= 15 is 0 Å². The lowest BCUT2D eigenvalue weighted by atomic mass is 10.0. The van der Waals surface area contributed by atoms with Crippen LogP contribution in [0.2, 0.25) is 0 Å². The quantitative estimate of drug-likeness (QED) is 0.0272. The zero-order valence-electron chi connectivity index (χ0n) is 59.0. The number of nitrogens with one attached hydrogen (secondary N) is 1. The summed E-state index contributed by atoms with van der Waals surface area (Å²) in [6.45, 7) is 4.70. The highest BCUT2D eigenvalue weighted by Gasteiger charge is 2.23. The minimum atomic E-state index is -4.61. The molecule has 0 aromatic rings. The average molecular weight is 1240 g/mol. The zero-order chi connectivity index (χ0) is 63.4. The molecule has 3 atom stereocenters. The number of phosphoric acid groups is 1. The third kappa shape index (κ3) is 71.8. The normalized spacial score (nSPS) is 13.8. The molecule has 0 aliphatic carbocycles. The van der Waals surface area contributed by atoms with E-state index in [2.05, 4.69) is 55.6 Å². The molecule has 0 aromatic carbocycles. The lowest BCUT2D eigenvalue weighted by Crippen LogP contribution is -2.45. The Bertz CT molecular complexity index is 1560. The molecule has 8 nitrogen and oxygen atoms in total. The first-order valence-electron chi connectivity index (χ1n) is 38.5. The highest BCUT2D eigenvalue weighted by atomic mass is 31.2. The van der Waals surface area contributed by atoms with Crippen molar-refractivity contribution in [2.24, 2.45) is 0 Å².